The van der Waals surface area contributed by atoms with Gasteiger partial charge in [0.25, 0.3) is 10.4 Å². The maximum absolute atomic E-state index is 10.2. The average Bonchev–Trinajstić information content (AvgIpc) is 2.36. The van der Waals surface area contributed by atoms with Crippen LogP contribution in [0.2, 0.25) is 0 Å². The fourth-order valence-electron chi connectivity index (χ4n) is 1.45. The molecule has 1 heterocycles. The van der Waals surface area contributed by atoms with Crippen LogP contribution in [0.3, 0.4) is 0 Å². The van der Waals surface area contributed by atoms with E-state index < -0.39 is 46.9 Å². The summed E-state index contributed by atoms with van der Waals surface area (Å²) in [6.45, 7) is 0.681. The van der Waals surface area contributed by atoms with Crippen molar-refractivity contribution >= 4 is 27.2 Å². The van der Waals surface area contributed by atoms with Gasteiger partial charge in [0, 0.05) is 0 Å². The first-order chi connectivity index (χ1) is 9.15. The molecule has 12 heteroatoms. The van der Waals surface area contributed by atoms with Gasteiger partial charge in [0.1, 0.15) is 34.9 Å². The minimum absolute atomic E-state index is 0.0752. The number of aliphatic hydroxyl groups is 4. The van der Waals surface area contributed by atoms with Crippen LogP contribution in [0.4, 0.5) is 0 Å². The standard InChI is InChI=1S/C8H15NO9S2/c1-3(9-18-20(14,15)16)19-8-7(13)6(12)5(11)4(2-10)17-8/h4-8,10-13H,2H2,1H3,(H,14,15,16)/p-1. The van der Waals surface area contributed by atoms with Crippen LogP contribution in [0, 0.1) is 0 Å². The summed E-state index contributed by atoms with van der Waals surface area (Å²) in [5, 5.41) is 40.6. The molecule has 5 unspecified atom stereocenters. The molecule has 118 valence electrons. The predicted molar refractivity (Wildman–Crippen MR) is 65.2 cm³/mol. The third-order valence-corrected chi connectivity index (χ3v) is 3.69. The quantitative estimate of drug-likeness (QED) is 0.140. The SMILES string of the molecule is CC(=NOS(=O)(=O)[O-])SC1OC(CO)C(O)C(O)C1O. The fourth-order valence-corrected chi connectivity index (χ4v) is 2.62. The van der Waals surface area contributed by atoms with E-state index in [4.69, 9.17) is 9.84 Å². The first-order valence-electron chi connectivity index (χ1n) is 5.32. The second kappa shape index (κ2) is 7.00. The molecule has 0 radical (unpaired) electrons. The topological polar surface area (TPSA) is 169 Å². The Balaban J connectivity index is 2.71. The van der Waals surface area contributed by atoms with E-state index in [0.717, 1.165) is 0 Å². The first kappa shape index (κ1) is 17.6. The number of hydrogen-bond donors (Lipinski definition) is 4. The Morgan fingerprint density at radius 1 is 1.35 bits per heavy atom. The Hall–Kier alpha value is -0.470. The average molecular weight is 332 g/mol. The molecule has 5 atom stereocenters. The lowest BCUT2D eigenvalue weighted by Crippen LogP contribution is -2.57. The van der Waals surface area contributed by atoms with Gasteiger partial charge in [-0.15, -0.1) is 0 Å². The van der Waals surface area contributed by atoms with Crippen molar-refractivity contribution in [3.8, 4) is 0 Å². The molecule has 1 aliphatic rings. The van der Waals surface area contributed by atoms with Gasteiger partial charge in [0.2, 0.25) is 0 Å². The Morgan fingerprint density at radius 2 is 1.95 bits per heavy atom. The van der Waals surface area contributed by atoms with Crippen LogP contribution in [0.25, 0.3) is 0 Å². The molecule has 1 saturated heterocycles. The summed E-state index contributed by atoms with van der Waals surface area (Å²) in [7, 11) is -4.99. The van der Waals surface area contributed by atoms with E-state index in [1.54, 1.807) is 0 Å². The van der Waals surface area contributed by atoms with E-state index in [0.29, 0.717) is 11.8 Å². The molecular formula is C8H14NO9S2-. The predicted octanol–water partition coefficient (Wildman–Crippen LogP) is -2.67. The molecule has 4 N–H and O–H groups in total. The zero-order chi connectivity index (χ0) is 15.5. The van der Waals surface area contributed by atoms with E-state index >= 15 is 0 Å². The van der Waals surface area contributed by atoms with Gasteiger partial charge >= 0.3 is 0 Å². The van der Waals surface area contributed by atoms with Crippen molar-refractivity contribution in [1.82, 2.24) is 0 Å². The summed E-state index contributed by atoms with van der Waals surface area (Å²) in [4.78, 5) is 0. The summed E-state index contributed by atoms with van der Waals surface area (Å²) in [5.74, 6) is 0. The lowest BCUT2D eigenvalue weighted by molar-refractivity contribution is -0.205. The molecule has 20 heavy (non-hydrogen) atoms. The van der Waals surface area contributed by atoms with Crippen molar-refractivity contribution < 1.29 is 42.4 Å². The lowest BCUT2D eigenvalue weighted by Gasteiger charge is -2.39. The lowest BCUT2D eigenvalue weighted by atomic mass is 10.0. The molecule has 10 nitrogen and oxygen atoms in total. The van der Waals surface area contributed by atoms with Crippen LogP contribution in [0.1, 0.15) is 6.92 Å². The van der Waals surface area contributed by atoms with Crippen LogP contribution in [-0.2, 0) is 19.4 Å². The third-order valence-electron chi connectivity index (χ3n) is 2.39. The summed E-state index contributed by atoms with van der Waals surface area (Å²) >= 11 is 0.661. The van der Waals surface area contributed by atoms with Crippen molar-refractivity contribution in [2.75, 3.05) is 6.61 Å². The molecule has 0 bridgehead atoms. The first-order valence-corrected chi connectivity index (χ1v) is 7.53. The number of rotatable bonds is 4. The van der Waals surface area contributed by atoms with Crippen molar-refractivity contribution in [3.05, 3.63) is 0 Å². The van der Waals surface area contributed by atoms with Crippen LogP contribution < -0.4 is 0 Å². The zero-order valence-electron chi connectivity index (χ0n) is 10.2. The van der Waals surface area contributed by atoms with E-state index in [9.17, 15) is 28.3 Å². The number of thioether (sulfide) groups is 1. The monoisotopic (exact) mass is 332 g/mol. The number of oxime groups is 1. The highest BCUT2D eigenvalue weighted by Gasteiger charge is 2.43. The molecule has 0 amide bonds. The van der Waals surface area contributed by atoms with Crippen molar-refractivity contribution in [2.24, 2.45) is 5.16 Å². The summed E-state index contributed by atoms with van der Waals surface area (Å²) in [6.07, 6.45) is -5.66. The van der Waals surface area contributed by atoms with Crippen LogP contribution in [0.15, 0.2) is 5.16 Å². The van der Waals surface area contributed by atoms with Crippen molar-refractivity contribution in [3.63, 3.8) is 0 Å². The number of aliphatic hydroxyl groups excluding tert-OH is 4. The Bertz CT molecular complexity index is 451. The Morgan fingerprint density at radius 3 is 2.45 bits per heavy atom. The molecule has 0 aliphatic carbocycles. The second-order valence-corrected chi connectivity index (χ2v) is 6.16. The second-order valence-electron chi connectivity index (χ2n) is 3.91. The van der Waals surface area contributed by atoms with Gasteiger partial charge in [-0.2, -0.15) is 8.42 Å². The van der Waals surface area contributed by atoms with Crippen molar-refractivity contribution in [1.29, 1.82) is 0 Å². The minimum Gasteiger partial charge on any atom is -0.714 e. The van der Waals surface area contributed by atoms with Gasteiger partial charge in [-0.1, -0.05) is 16.9 Å². The summed E-state index contributed by atoms with van der Waals surface area (Å²) < 4.78 is 39.4. The zero-order valence-corrected chi connectivity index (χ0v) is 11.8. The highest BCUT2D eigenvalue weighted by atomic mass is 32.3. The number of hydrogen-bond acceptors (Lipinski definition) is 11. The molecule has 1 fully saturated rings. The molecule has 0 spiro atoms. The van der Waals surface area contributed by atoms with E-state index in [1.807, 2.05) is 0 Å². The molecule has 1 aliphatic heterocycles. The minimum atomic E-state index is -4.99. The Labute approximate surface area is 119 Å². The smallest absolute Gasteiger partial charge is 0.284 e. The maximum atomic E-state index is 10.2. The Kier molecular flexibility index (Phi) is 6.15. The highest BCUT2D eigenvalue weighted by molar-refractivity contribution is 8.14. The third kappa shape index (κ3) is 4.82. The molecule has 0 aromatic rings. The van der Waals surface area contributed by atoms with Crippen LogP contribution in [0.5, 0.6) is 0 Å². The van der Waals surface area contributed by atoms with Gasteiger partial charge < -0.3 is 29.7 Å². The van der Waals surface area contributed by atoms with Gasteiger partial charge in [0.05, 0.1) is 6.61 Å². The molecule has 0 saturated carbocycles. The molecular weight excluding hydrogens is 318 g/mol. The van der Waals surface area contributed by atoms with Crippen LogP contribution >= 0.6 is 11.8 Å². The summed E-state index contributed by atoms with van der Waals surface area (Å²) in [5.41, 5.74) is -1.13. The van der Waals surface area contributed by atoms with Crippen molar-refractivity contribution in [2.45, 2.75) is 36.8 Å². The number of ether oxygens (including phenoxy) is 1. The molecule has 1 rings (SSSR count). The van der Waals surface area contributed by atoms with Gasteiger partial charge in [0.15, 0.2) is 0 Å². The van der Waals surface area contributed by atoms with Gasteiger partial charge in [-0.3, -0.25) is 4.28 Å². The van der Waals surface area contributed by atoms with E-state index in [1.165, 1.54) is 6.92 Å². The summed E-state index contributed by atoms with van der Waals surface area (Å²) in [6, 6.07) is 0. The van der Waals surface area contributed by atoms with E-state index in [2.05, 4.69) is 9.44 Å². The van der Waals surface area contributed by atoms with Gasteiger partial charge in [-0.05, 0) is 6.92 Å². The molecule has 0 aromatic heterocycles. The highest BCUT2D eigenvalue weighted by Crippen LogP contribution is 2.29. The number of nitrogens with zero attached hydrogens (tertiary/aromatic N) is 1. The maximum Gasteiger partial charge on any atom is 0.284 e. The normalized spacial score (nSPS) is 35.9. The van der Waals surface area contributed by atoms with E-state index in [-0.39, 0.29) is 5.04 Å². The largest absolute Gasteiger partial charge is 0.714 e. The van der Waals surface area contributed by atoms with Gasteiger partial charge in [-0.25, -0.2) is 0 Å². The van der Waals surface area contributed by atoms with Crippen LogP contribution in [-0.4, -0.2) is 74.9 Å². The fraction of sp³-hybridized carbons (Fsp3) is 0.875. The molecule has 0 aromatic carbocycles.